The predicted molar refractivity (Wildman–Crippen MR) is 38.3 cm³/mol. The summed E-state index contributed by atoms with van der Waals surface area (Å²) in [5, 5.41) is 11.8. The molecule has 0 aliphatic rings. The van der Waals surface area contributed by atoms with E-state index in [1.807, 2.05) is 0 Å². The van der Waals surface area contributed by atoms with Gasteiger partial charge in [-0.25, -0.2) is 9.48 Å². The molecular formula is C5H6N4O3. The van der Waals surface area contributed by atoms with Crippen LogP contribution in [-0.2, 0) is 11.3 Å². The summed E-state index contributed by atoms with van der Waals surface area (Å²) in [5.41, 5.74) is 4.36. The minimum absolute atomic E-state index is 0.0263. The minimum atomic E-state index is -1.16. The van der Waals surface area contributed by atoms with Crippen LogP contribution in [0.15, 0.2) is 11.0 Å². The van der Waals surface area contributed by atoms with Crippen molar-refractivity contribution in [3.8, 4) is 0 Å². The highest BCUT2D eigenvalue weighted by atomic mass is 16.4. The number of carboxylic acids is 1. The van der Waals surface area contributed by atoms with Crippen LogP contribution < -0.4 is 11.4 Å². The third-order valence-electron chi connectivity index (χ3n) is 1.06. The number of carbonyl (C=O) groups is 1. The van der Waals surface area contributed by atoms with E-state index in [0.717, 1.165) is 6.20 Å². The van der Waals surface area contributed by atoms with E-state index in [2.05, 4.69) is 10.1 Å². The van der Waals surface area contributed by atoms with Crippen LogP contribution in [0.5, 0.6) is 0 Å². The van der Waals surface area contributed by atoms with Crippen molar-refractivity contribution in [2.75, 3.05) is 5.73 Å². The molecule has 3 N–H and O–H groups in total. The highest BCUT2D eigenvalue weighted by Gasteiger charge is 2.03. The number of aromatic nitrogens is 3. The van der Waals surface area contributed by atoms with Crippen molar-refractivity contribution < 1.29 is 9.90 Å². The summed E-state index contributed by atoms with van der Waals surface area (Å²) in [5.74, 6) is -1.18. The summed E-state index contributed by atoms with van der Waals surface area (Å²) >= 11 is 0. The smallest absolute Gasteiger partial charge is 0.366 e. The van der Waals surface area contributed by atoms with Gasteiger partial charge in [0, 0.05) is 0 Å². The Balaban J connectivity index is 3.02. The van der Waals surface area contributed by atoms with Gasteiger partial charge in [-0.1, -0.05) is 0 Å². The van der Waals surface area contributed by atoms with Gasteiger partial charge in [0.1, 0.15) is 12.4 Å². The highest BCUT2D eigenvalue weighted by molar-refractivity contribution is 5.66. The maximum Gasteiger partial charge on any atom is 0.366 e. The van der Waals surface area contributed by atoms with Gasteiger partial charge in [-0.3, -0.25) is 4.79 Å². The van der Waals surface area contributed by atoms with Crippen LogP contribution in [0.4, 0.5) is 5.82 Å². The minimum Gasteiger partial charge on any atom is -0.480 e. The summed E-state index contributed by atoms with van der Waals surface area (Å²) in [7, 11) is 0. The number of nitrogens with zero attached hydrogens (tertiary/aromatic N) is 3. The normalized spacial score (nSPS) is 9.67. The lowest BCUT2D eigenvalue weighted by Crippen LogP contribution is -2.29. The molecule has 1 heterocycles. The lowest BCUT2D eigenvalue weighted by atomic mass is 10.6. The van der Waals surface area contributed by atoms with Crippen LogP contribution in [0.2, 0.25) is 0 Å². The van der Waals surface area contributed by atoms with Gasteiger partial charge < -0.3 is 10.8 Å². The van der Waals surface area contributed by atoms with Gasteiger partial charge in [-0.15, -0.1) is 0 Å². The average Bonchev–Trinajstić information content (AvgIpc) is 1.94. The number of nitrogens with two attached hydrogens (primary N) is 1. The molecule has 0 unspecified atom stereocenters. The fourth-order valence-electron chi connectivity index (χ4n) is 0.612. The monoisotopic (exact) mass is 170 g/mol. The van der Waals surface area contributed by atoms with Gasteiger partial charge in [-0.2, -0.15) is 10.1 Å². The van der Waals surface area contributed by atoms with Crippen LogP contribution in [0.25, 0.3) is 0 Å². The molecule has 0 amide bonds. The second-order valence-electron chi connectivity index (χ2n) is 2.02. The van der Waals surface area contributed by atoms with E-state index in [1.54, 1.807) is 0 Å². The Bertz CT molecular complexity index is 358. The van der Waals surface area contributed by atoms with Crippen molar-refractivity contribution in [3.05, 3.63) is 16.7 Å². The van der Waals surface area contributed by atoms with Crippen LogP contribution in [0.1, 0.15) is 0 Å². The summed E-state index contributed by atoms with van der Waals surface area (Å²) < 4.78 is 0.707. The zero-order chi connectivity index (χ0) is 9.14. The molecule has 0 aliphatic heterocycles. The van der Waals surface area contributed by atoms with E-state index in [4.69, 9.17) is 10.8 Å². The molecule has 0 aromatic carbocycles. The van der Waals surface area contributed by atoms with Gasteiger partial charge in [0.05, 0.1) is 6.20 Å². The molecule has 0 saturated carbocycles. The largest absolute Gasteiger partial charge is 0.480 e. The SMILES string of the molecule is Nc1cnn(CC(=O)O)c(=O)n1. The predicted octanol–water partition coefficient (Wildman–Crippen LogP) is -1.69. The molecule has 0 radical (unpaired) electrons. The van der Waals surface area contributed by atoms with Gasteiger partial charge in [0.2, 0.25) is 0 Å². The molecule has 64 valence electrons. The van der Waals surface area contributed by atoms with Crippen molar-refractivity contribution in [2.24, 2.45) is 0 Å². The lowest BCUT2D eigenvalue weighted by molar-refractivity contribution is -0.138. The van der Waals surface area contributed by atoms with E-state index in [1.165, 1.54) is 0 Å². The second kappa shape index (κ2) is 2.99. The molecule has 0 aliphatic carbocycles. The third kappa shape index (κ3) is 1.78. The Morgan fingerprint density at radius 1 is 1.75 bits per heavy atom. The molecule has 1 aromatic heterocycles. The van der Waals surface area contributed by atoms with Crippen LogP contribution in [0.3, 0.4) is 0 Å². The van der Waals surface area contributed by atoms with Crippen LogP contribution in [-0.4, -0.2) is 25.8 Å². The fourth-order valence-corrected chi connectivity index (χ4v) is 0.612. The maximum absolute atomic E-state index is 10.8. The topological polar surface area (TPSA) is 111 Å². The van der Waals surface area contributed by atoms with E-state index < -0.39 is 18.2 Å². The highest BCUT2D eigenvalue weighted by Crippen LogP contribution is 1.83. The number of carboxylic acid groups (broad SMARTS) is 1. The van der Waals surface area contributed by atoms with Crippen molar-refractivity contribution in [2.45, 2.75) is 6.54 Å². The first-order valence-corrected chi connectivity index (χ1v) is 3.01. The standard InChI is InChI=1S/C5H6N4O3/c6-3-1-7-9(2-4(10)11)5(12)8-3/h1H,2H2,(H,10,11)(H2,6,8,12). The quantitative estimate of drug-likeness (QED) is 0.547. The molecule has 0 saturated heterocycles. The first-order chi connectivity index (χ1) is 5.59. The zero-order valence-corrected chi connectivity index (χ0v) is 5.97. The van der Waals surface area contributed by atoms with Crippen LogP contribution in [0, 0.1) is 0 Å². The van der Waals surface area contributed by atoms with Crippen LogP contribution >= 0.6 is 0 Å². The Hall–Kier alpha value is -1.92. The van der Waals surface area contributed by atoms with Gasteiger partial charge in [0.25, 0.3) is 0 Å². The first-order valence-electron chi connectivity index (χ1n) is 3.01. The Morgan fingerprint density at radius 3 is 2.92 bits per heavy atom. The fraction of sp³-hybridized carbons (Fsp3) is 0.200. The molecule has 1 rings (SSSR count). The molecule has 0 spiro atoms. The lowest BCUT2D eigenvalue weighted by Gasteiger charge is -1.97. The number of hydrogen-bond acceptors (Lipinski definition) is 5. The second-order valence-corrected chi connectivity index (χ2v) is 2.02. The van der Waals surface area contributed by atoms with Crippen molar-refractivity contribution >= 4 is 11.8 Å². The van der Waals surface area contributed by atoms with E-state index >= 15 is 0 Å². The molecule has 7 heteroatoms. The van der Waals surface area contributed by atoms with Crippen molar-refractivity contribution in [1.82, 2.24) is 14.8 Å². The molecule has 12 heavy (non-hydrogen) atoms. The van der Waals surface area contributed by atoms with Crippen molar-refractivity contribution in [3.63, 3.8) is 0 Å². The van der Waals surface area contributed by atoms with Gasteiger partial charge in [-0.05, 0) is 0 Å². The molecule has 0 fully saturated rings. The number of aliphatic carboxylic acids is 1. The summed E-state index contributed by atoms with van der Waals surface area (Å²) in [6.45, 7) is -0.508. The van der Waals surface area contributed by atoms with E-state index in [0.29, 0.717) is 4.68 Å². The van der Waals surface area contributed by atoms with Gasteiger partial charge >= 0.3 is 11.7 Å². The summed E-state index contributed by atoms with van der Waals surface area (Å²) in [4.78, 5) is 24.3. The Labute approximate surface area is 66.5 Å². The summed E-state index contributed by atoms with van der Waals surface area (Å²) in [6, 6.07) is 0. The average molecular weight is 170 g/mol. The van der Waals surface area contributed by atoms with Crippen molar-refractivity contribution in [1.29, 1.82) is 0 Å². The number of hydrogen-bond donors (Lipinski definition) is 2. The number of anilines is 1. The molecule has 1 aromatic rings. The van der Waals surface area contributed by atoms with E-state index in [-0.39, 0.29) is 5.82 Å². The Morgan fingerprint density at radius 2 is 2.42 bits per heavy atom. The molecule has 0 bridgehead atoms. The number of nitrogen functional groups attached to an aromatic ring is 1. The number of rotatable bonds is 2. The molecular weight excluding hydrogens is 164 g/mol. The van der Waals surface area contributed by atoms with Gasteiger partial charge in [0.15, 0.2) is 0 Å². The Kier molecular flexibility index (Phi) is 2.04. The molecule has 7 nitrogen and oxygen atoms in total. The summed E-state index contributed by atoms with van der Waals surface area (Å²) in [6.07, 6.45) is 1.12. The third-order valence-corrected chi connectivity index (χ3v) is 1.06. The first kappa shape index (κ1) is 8.18. The molecule has 0 atom stereocenters. The maximum atomic E-state index is 10.8. The van der Waals surface area contributed by atoms with E-state index in [9.17, 15) is 9.59 Å². The zero-order valence-electron chi connectivity index (χ0n) is 5.97.